The van der Waals surface area contributed by atoms with Gasteiger partial charge in [0.15, 0.2) is 0 Å². The van der Waals surface area contributed by atoms with Gasteiger partial charge < -0.3 is 4.90 Å². The van der Waals surface area contributed by atoms with Crippen LogP contribution in [0.25, 0.3) is 0 Å². The first-order valence-electron chi connectivity index (χ1n) is 8.27. The van der Waals surface area contributed by atoms with E-state index >= 15 is 0 Å². The number of aromatic nitrogens is 1. The summed E-state index contributed by atoms with van der Waals surface area (Å²) in [5.74, 6) is 0. The van der Waals surface area contributed by atoms with Crippen molar-refractivity contribution in [3.63, 3.8) is 0 Å². The van der Waals surface area contributed by atoms with Gasteiger partial charge in [0.2, 0.25) is 0 Å². The highest BCUT2D eigenvalue weighted by Crippen LogP contribution is 2.21. The average Bonchev–Trinajstić information content (AvgIpc) is 2.78. The van der Waals surface area contributed by atoms with Crippen LogP contribution in [0.4, 0.5) is 0 Å². The molecule has 3 heteroatoms. The molecular formula is C17H27N3. The molecular weight excluding hydrogens is 246 g/mol. The van der Waals surface area contributed by atoms with Gasteiger partial charge >= 0.3 is 0 Å². The van der Waals surface area contributed by atoms with E-state index in [0.717, 1.165) is 12.6 Å². The van der Waals surface area contributed by atoms with Crippen molar-refractivity contribution in [1.82, 2.24) is 14.8 Å². The van der Waals surface area contributed by atoms with E-state index in [-0.39, 0.29) is 0 Å². The smallest absolute Gasteiger partial charge is 0.0271 e. The molecule has 0 bridgehead atoms. The first kappa shape index (κ1) is 14.0. The summed E-state index contributed by atoms with van der Waals surface area (Å²) >= 11 is 0. The molecule has 1 aromatic rings. The van der Waals surface area contributed by atoms with Gasteiger partial charge in [-0.2, -0.15) is 0 Å². The van der Waals surface area contributed by atoms with E-state index in [1.54, 1.807) is 0 Å². The number of nitrogens with zero attached hydrogens (tertiary/aromatic N) is 3. The summed E-state index contributed by atoms with van der Waals surface area (Å²) < 4.78 is 0. The van der Waals surface area contributed by atoms with Gasteiger partial charge in [0.05, 0.1) is 0 Å². The molecule has 1 aromatic heterocycles. The van der Waals surface area contributed by atoms with Crippen molar-refractivity contribution in [2.75, 3.05) is 26.2 Å². The second-order valence-electron chi connectivity index (χ2n) is 6.31. The number of hydrogen-bond acceptors (Lipinski definition) is 3. The van der Waals surface area contributed by atoms with Crippen LogP contribution in [0.2, 0.25) is 0 Å². The van der Waals surface area contributed by atoms with E-state index in [0.29, 0.717) is 0 Å². The Morgan fingerprint density at radius 1 is 0.900 bits per heavy atom. The van der Waals surface area contributed by atoms with Crippen molar-refractivity contribution < 1.29 is 0 Å². The van der Waals surface area contributed by atoms with Crippen LogP contribution in [0.3, 0.4) is 0 Å². The van der Waals surface area contributed by atoms with Crippen LogP contribution in [-0.2, 0) is 6.54 Å². The molecule has 0 saturated carbocycles. The lowest BCUT2D eigenvalue weighted by atomic mass is 10.0. The number of pyridine rings is 1. The summed E-state index contributed by atoms with van der Waals surface area (Å²) in [6.07, 6.45) is 12.2. The summed E-state index contributed by atoms with van der Waals surface area (Å²) in [4.78, 5) is 9.47. The predicted molar refractivity (Wildman–Crippen MR) is 82.6 cm³/mol. The molecule has 0 unspecified atom stereocenters. The molecule has 2 fully saturated rings. The number of rotatable bonds is 3. The second kappa shape index (κ2) is 7.19. The topological polar surface area (TPSA) is 19.4 Å². The van der Waals surface area contributed by atoms with Crippen molar-refractivity contribution >= 4 is 0 Å². The van der Waals surface area contributed by atoms with Crippen molar-refractivity contribution in [2.24, 2.45) is 0 Å². The van der Waals surface area contributed by atoms with E-state index in [1.807, 2.05) is 12.4 Å². The molecule has 0 N–H and O–H groups in total. The minimum absolute atomic E-state index is 0.849. The normalized spacial score (nSPS) is 23.6. The third-order valence-electron chi connectivity index (χ3n) is 4.87. The van der Waals surface area contributed by atoms with E-state index < -0.39 is 0 Å². The van der Waals surface area contributed by atoms with Crippen molar-refractivity contribution in [1.29, 1.82) is 0 Å². The summed E-state index contributed by atoms with van der Waals surface area (Å²) in [6.45, 7) is 6.28. The summed E-state index contributed by atoms with van der Waals surface area (Å²) in [5, 5.41) is 0. The summed E-state index contributed by atoms with van der Waals surface area (Å²) in [6, 6.07) is 5.13. The van der Waals surface area contributed by atoms with Crippen LogP contribution >= 0.6 is 0 Å². The minimum Gasteiger partial charge on any atom is -0.300 e. The number of likely N-dealkylation sites (tertiary alicyclic amines) is 2. The molecule has 110 valence electrons. The highest BCUT2D eigenvalue weighted by molar-refractivity contribution is 5.09. The van der Waals surface area contributed by atoms with Crippen molar-refractivity contribution in [2.45, 2.75) is 51.1 Å². The average molecular weight is 273 g/mol. The van der Waals surface area contributed by atoms with Crippen molar-refractivity contribution in [3.05, 3.63) is 30.1 Å². The largest absolute Gasteiger partial charge is 0.300 e. The van der Waals surface area contributed by atoms with E-state index in [2.05, 4.69) is 26.9 Å². The SMILES string of the molecule is c1cc(CN2CCC(N3CCCCCC3)CC2)ccn1. The Kier molecular flexibility index (Phi) is 5.04. The summed E-state index contributed by atoms with van der Waals surface area (Å²) in [7, 11) is 0. The van der Waals surface area contributed by atoms with Crippen LogP contribution in [-0.4, -0.2) is 47.0 Å². The lowest BCUT2D eigenvalue weighted by molar-refractivity contribution is 0.107. The molecule has 0 spiro atoms. The Bertz CT molecular complexity index is 376. The van der Waals surface area contributed by atoms with Gasteiger partial charge in [0.1, 0.15) is 0 Å². The van der Waals surface area contributed by atoms with Gasteiger partial charge in [-0.15, -0.1) is 0 Å². The molecule has 0 radical (unpaired) electrons. The monoisotopic (exact) mass is 273 g/mol. The fourth-order valence-corrected chi connectivity index (χ4v) is 3.65. The van der Waals surface area contributed by atoms with E-state index in [9.17, 15) is 0 Å². The zero-order valence-electron chi connectivity index (χ0n) is 12.5. The van der Waals surface area contributed by atoms with Crippen LogP contribution in [0.1, 0.15) is 44.1 Å². The van der Waals surface area contributed by atoms with Gasteiger partial charge in [0.25, 0.3) is 0 Å². The zero-order valence-corrected chi connectivity index (χ0v) is 12.5. The lowest BCUT2D eigenvalue weighted by Crippen LogP contribution is -2.45. The van der Waals surface area contributed by atoms with Crippen LogP contribution < -0.4 is 0 Å². The lowest BCUT2D eigenvalue weighted by Gasteiger charge is -2.38. The van der Waals surface area contributed by atoms with Gasteiger partial charge in [-0.25, -0.2) is 0 Å². The maximum Gasteiger partial charge on any atom is 0.0271 e. The van der Waals surface area contributed by atoms with Gasteiger partial charge in [-0.3, -0.25) is 9.88 Å². The molecule has 3 nitrogen and oxygen atoms in total. The maximum atomic E-state index is 4.10. The Labute approximate surface area is 123 Å². The Morgan fingerprint density at radius 3 is 2.20 bits per heavy atom. The first-order chi connectivity index (χ1) is 9.92. The van der Waals surface area contributed by atoms with E-state index in [4.69, 9.17) is 0 Å². The fourth-order valence-electron chi connectivity index (χ4n) is 3.65. The quantitative estimate of drug-likeness (QED) is 0.844. The standard InChI is InChI=1S/C17H27N3/c1-2-4-12-20(11-3-1)17-7-13-19(14-8-17)15-16-5-9-18-10-6-16/h5-6,9-10,17H,1-4,7-8,11-15H2. The van der Waals surface area contributed by atoms with Gasteiger partial charge in [-0.05, 0) is 69.6 Å². The highest BCUT2D eigenvalue weighted by Gasteiger charge is 2.24. The Morgan fingerprint density at radius 2 is 1.55 bits per heavy atom. The van der Waals surface area contributed by atoms with E-state index in [1.165, 1.54) is 70.3 Å². The van der Waals surface area contributed by atoms with Crippen LogP contribution in [0, 0.1) is 0 Å². The molecule has 0 amide bonds. The third-order valence-corrected chi connectivity index (χ3v) is 4.87. The molecule has 2 aliphatic heterocycles. The summed E-state index contributed by atoms with van der Waals surface area (Å²) in [5.41, 5.74) is 1.40. The minimum atomic E-state index is 0.849. The predicted octanol–water partition coefficient (Wildman–Crippen LogP) is 2.92. The number of piperidine rings is 1. The first-order valence-corrected chi connectivity index (χ1v) is 8.27. The fraction of sp³-hybridized carbons (Fsp3) is 0.706. The molecule has 0 aliphatic carbocycles. The number of hydrogen-bond donors (Lipinski definition) is 0. The molecule has 0 atom stereocenters. The Hall–Kier alpha value is -0.930. The maximum absolute atomic E-state index is 4.10. The van der Waals surface area contributed by atoms with Crippen LogP contribution in [0.15, 0.2) is 24.5 Å². The molecule has 2 saturated heterocycles. The van der Waals surface area contributed by atoms with Gasteiger partial charge in [-0.1, -0.05) is 12.8 Å². The second-order valence-corrected chi connectivity index (χ2v) is 6.31. The van der Waals surface area contributed by atoms with Crippen molar-refractivity contribution in [3.8, 4) is 0 Å². The third kappa shape index (κ3) is 3.80. The zero-order chi connectivity index (χ0) is 13.6. The van der Waals surface area contributed by atoms with Gasteiger partial charge in [0, 0.05) is 25.0 Å². The van der Waals surface area contributed by atoms with Crippen LogP contribution in [0.5, 0.6) is 0 Å². The molecule has 20 heavy (non-hydrogen) atoms. The molecule has 0 aromatic carbocycles. The Balaban J connectivity index is 1.46. The highest BCUT2D eigenvalue weighted by atomic mass is 15.2. The molecule has 2 aliphatic rings. The molecule has 3 heterocycles. The molecule has 3 rings (SSSR count).